The van der Waals surface area contributed by atoms with Crippen molar-refractivity contribution in [2.75, 3.05) is 5.32 Å². The van der Waals surface area contributed by atoms with Crippen molar-refractivity contribution >= 4 is 38.9 Å². The smallest absolute Gasteiger partial charge is 0.240 e. The molecule has 0 radical (unpaired) electrons. The normalized spacial score (nSPS) is 21.6. The molecule has 0 saturated heterocycles. The highest BCUT2D eigenvalue weighted by Gasteiger charge is 2.39. The largest absolute Gasteiger partial charge is 0.378 e. The van der Waals surface area contributed by atoms with E-state index in [2.05, 4.69) is 22.2 Å². The Hall–Kier alpha value is -2.31. The van der Waals surface area contributed by atoms with Crippen LogP contribution in [0.25, 0.3) is 0 Å². The summed E-state index contributed by atoms with van der Waals surface area (Å²) in [6.45, 7) is 0.252. The molecule has 1 aliphatic carbocycles. The molecule has 0 bridgehead atoms. The number of hydrogen-bond acceptors (Lipinski definition) is 3. The van der Waals surface area contributed by atoms with Gasteiger partial charge in [0, 0.05) is 28.2 Å². The third-order valence-corrected chi connectivity index (χ3v) is 8.21. The molecule has 7 heteroatoms. The highest BCUT2D eigenvalue weighted by molar-refractivity contribution is 7.89. The maximum Gasteiger partial charge on any atom is 0.240 e. The van der Waals surface area contributed by atoms with Crippen LogP contribution < -0.4 is 10.0 Å². The second kappa shape index (κ2) is 8.56. The second-order valence-corrected chi connectivity index (χ2v) is 10.8. The summed E-state index contributed by atoms with van der Waals surface area (Å²) in [6, 6.07) is 20.4. The molecule has 3 aromatic rings. The minimum absolute atomic E-state index is 0.0194. The second-order valence-electron chi connectivity index (χ2n) is 8.20. The van der Waals surface area contributed by atoms with E-state index in [9.17, 15) is 8.42 Å². The van der Waals surface area contributed by atoms with E-state index in [1.165, 1.54) is 0 Å². The summed E-state index contributed by atoms with van der Waals surface area (Å²) >= 11 is 12.6. The summed E-state index contributed by atoms with van der Waals surface area (Å²) < 4.78 is 28.6. The average molecular weight is 485 g/mol. The summed E-state index contributed by atoms with van der Waals surface area (Å²) in [7, 11) is -3.64. The Labute approximate surface area is 198 Å². The van der Waals surface area contributed by atoms with Crippen LogP contribution in [0.15, 0.2) is 83.8 Å². The van der Waals surface area contributed by atoms with Gasteiger partial charge in [-0.15, -0.1) is 0 Å². The topological polar surface area (TPSA) is 58.2 Å². The molecule has 5 rings (SSSR count). The summed E-state index contributed by atoms with van der Waals surface area (Å²) in [6.07, 6.45) is 5.23. The minimum Gasteiger partial charge on any atom is -0.378 e. The van der Waals surface area contributed by atoms with E-state index in [4.69, 9.17) is 23.2 Å². The van der Waals surface area contributed by atoms with E-state index in [1.54, 1.807) is 18.2 Å². The fourth-order valence-electron chi connectivity index (χ4n) is 4.66. The molecular weight excluding hydrogens is 463 g/mol. The first-order valence-corrected chi connectivity index (χ1v) is 12.7. The maximum atomic E-state index is 13.0. The van der Waals surface area contributed by atoms with Crippen molar-refractivity contribution in [3.63, 3.8) is 0 Å². The molecule has 2 N–H and O–H groups in total. The van der Waals surface area contributed by atoms with Gasteiger partial charge in [0.25, 0.3) is 0 Å². The predicted octanol–water partition coefficient (Wildman–Crippen LogP) is 6.30. The quantitative estimate of drug-likeness (QED) is 0.417. The molecule has 3 aromatic carbocycles. The highest BCUT2D eigenvalue weighted by atomic mass is 35.5. The zero-order chi connectivity index (χ0) is 22.3. The molecule has 0 amide bonds. The van der Waals surface area contributed by atoms with Crippen molar-refractivity contribution in [1.82, 2.24) is 4.72 Å². The van der Waals surface area contributed by atoms with E-state index in [-0.39, 0.29) is 29.3 Å². The van der Waals surface area contributed by atoms with Crippen LogP contribution in [0.5, 0.6) is 0 Å². The molecule has 0 aromatic heterocycles. The Morgan fingerprint density at radius 3 is 2.56 bits per heavy atom. The van der Waals surface area contributed by atoms with Gasteiger partial charge >= 0.3 is 0 Å². The van der Waals surface area contributed by atoms with E-state index < -0.39 is 10.0 Å². The van der Waals surface area contributed by atoms with E-state index in [0.29, 0.717) is 10.0 Å². The number of hydrogen-bond donors (Lipinski definition) is 2. The van der Waals surface area contributed by atoms with Crippen LogP contribution in [0.3, 0.4) is 0 Å². The van der Waals surface area contributed by atoms with E-state index in [0.717, 1.165) is 28.8 Å². The summed E-state index contributed by atoms with van der Waals surface area (Å²) in [5, 5.41) is 4.84. The predicted molar refractivity (Wildman–Crippen MR) is 130 cm³/mol. The summed E-state index contributed by atoms with van der Waals surface area (Å²) in [5.41, 5.74) is 3.84. The molecule has 0 fully saturated rings. The van der Waals surface area contributed by atoms with Crippen LogP contribution in [0.4, 0.5) is 5.69 Å². The van der Waals surface area contributed by atoms with Crippen LogP contribution >= 0.6 is 23.2 Å². The van der Waals surface area contributed by atoms with Gasteiger partial charge in [-0.2, -0.15) is 0 Å². The van der Waals surface area contributed by atoms with Crippen LogP contribution in [-0.4, -0.2) is 8.42 Å². The fraction of sp³-hybridized carbons (Fsp3) is 0.200. The van der Waals surface area contributed by atoms with Gasteiger partial charge in [-0.05, 0) is 59.4 Å². The van der Waals surface area contributed by atoms with E-state index in [1.807, 2.05) is 48.5 Å². The van der Waals surface area contributed by atoms with Crippen molar-refractivity contribution in [3.05, 3.63) is 106 Å². The lowest BCUT2D eigenvalue weighted by molar-refractivity contribution is 0.425. The number of rotatable bonds is 5. The molecule has 1 aliphatic heterocycles. The molecule has 3 atom stereocenters. The molecular formula is C25H22Cl2N2O2S. The SMILES string of the molecule is O=S(=O)(NCc1ccccc1)c1ccc2c(c1)C1C=CCC1C(c1ccc(Cl)cc1Cl)N2. The van der Waals surface area contributed by atoms with Crippen molar-refractivity contribution in [1.29, 1.82) is 0 Å². The standard InChI is InChI=1S/C25H22Cl2N2O2S/c26-17-9-11-21(23(27)13-17)25-20-8-4-7-19(20)22-14-18(10-12-24(22)29-25)32(30,31)28-15-16-5-2-1-3-6-16/h1-7,9-14,19-20,25,28-29H,8,15H2. The number of halogens is 2. The maximum absolute atomic E-state index is 13.0. The first-order chi connectivity index (χ1) is 15.4. The van der Waals surface area contributed by atoms with Crippen molar-refractivity contribution in [2.24, 2.45) is 5.92 Å². The number of sulfonamides is 1. The number of benzene rings is 3. The number of allylic oxidation sites excluding steroid dienone is 2. The Balaban J connectivity index is 1.45. The zero-order valence-electron chi connectivity index (χ0n) is 17.1. The Morgan fingerprint density at radius 2 is 1.78 bits per heavy atom. The summed E-state index contributed by atoms with van der Waals surface area (Å²) in [4.78, 5) is 0.274. The van der Waals surface area contributed by atoms with Gasteiger partial charge in [0.2, 0.25) is 10.0 Å². The molecule has 3 unspecified atom stereocenters. The fourth-order valence-corrected chi connectivity index (χ4v) is 6.24. The molecule has 0 saturated carbocycles. The highest BCUT2D eigenvalue weighted by Crippen LogP contribution is 2.51. The lowest BCUT2D eigenvalue weighted by atomic mass is 9.77. The molecule has 4 nitrogen and oxygen atoms in total. The monoisotopic (exact) mass is 484 g/mol. The van der Waals surface area contributed by atoms with Gasteiger partial charge in [-0.3, -0.25) is 0 Å². The lowest BCUT2D eigenvalue weighted by Gasteiger charge is -2.38. The van der Waals surface area contributed by atoms with Gasteiger partial charge in [-0.25, -0.2) is 13.1 Å². The van der Waals surface area contributed by atoms with E-state index >= 15 is 0 Å². The average Bonchev–Trinajstić information content (AvgIpc) is 3.28. The Kier molecular flexibility index (Phi) is 5.76. The number of nitrogens with one attached hydrogen (secondary N) is 2. The first-order valence-electron chi connectivity index (χ1n) is 10.5. The van der Waals surface area contributed by atoms with Gasteiger partial charge in [0.05, 0.1) is 10.9 Å². The van der Waals surface area contributed by atoms with Gasteiger partial charge in [0.15, 0.2) is 0 Å². The van der Waals surface area contributed by atoms with Crippen LogP contribution in [0, 0.1) is 5.92 Å². The minimum atomic E-state index is -3.64. The molecule has 32 heavy (non-hydrogen) atoms. The third kappa shape index (κ3) is 4.06. The first kappa shape index (κ1) is 21.5. The number of anilines is 1. The van der Waals surface area contributed by atoms with Gasteiger partial charge in [-0.1, -0.05) is 71.8 Å². The lowest BCUT2D eigenvalue weighted by Crippen LogP contribution is -2.30. The van der Waals surface area contributed by atoms with Crippen molar-refractivity contribution < 1.29 is 8.42 Å². The van der Waals surface area contributed by atoms with Crippen molar-refractivity contribution in [3.8, 4) is 0 Å². The van der Waals surface area contributed by atoms with Gasteiger partial charge in [0.1, 0.15) is 0 Å². The molecule has 0 spiro atoms. The Bertz CT molecular complexity index is 1290. The van der Waals surface area contributed by atoms with Gasteiger partial charge < -0.3 is 5.32 Å². The molecule has 1 heterocycles. The van der Waals surface area contributed by atoms with Crippen LogP contribution in [-0.2, 0) is 16.6 Å². The van der Waals surface area contributed by atoms with Crippen molar-refractivity contribution in [2.45, 2.75) is 29.8 Å². The molecule has 2 aliphatic rings. The Morgan fingerprint density at radius 1 is 0.969 bits per heavy atom. The third-order valence-electron chi connectivity index (χ3n) is 6.25. The summed E-state index contributed by atoms with van der Waals surface area (Å²) in [5.74, 6) is 0.365. The van der Waals surface area contributed by atoms with Crippen LogP contribution in [0.1, 0.15) is 35.1 Å². The molecule has 164 valence electrons. The zero-order valence-corrected chi connectivity index (χ0v) is 19.5. The van der Waals surface area contributed by atoms with Crippen LogP contribution in [0.2, 0.25) is 10.0 Å². The number of fused-ring (bicyclic) bond motifs is 3.